The molecule has 1 heterocycles. The van der Waals surface area contributed by atoms with E-state index in [0.29, 0.717) is 6.42 Å². The van der Waals surface area contributed by atoms with Gasteiger partial charge in [0.05, 0.1) is 18.1 Å². The van der Waals surface area contributed by atoms with Gasteiger partial charge in [0.15, 0.2) is 0 Å². The summed E-state index contributed by atoms with van der Waals surface area (Å²) in [7, 11) is 1.41. The summed E-state index contributed by atoms with van der Waals surface area (Å²) in [5, 5.41) is 0. The van der Waals surface area contributed by atoms with Gasteiger partial charge in [-0.25, -0.2) is 9.78 Å². The highest BCUT2D eigenvalue weighted by Crippen LogP contribution is 2.23. The first-order valence-corrected chi connectivity index (χ1v) is 7.28. The highest BCUT2D eigenvalue weighted by molar-refractivity contribution is 5.81. The first-order chi connectivity index (χ1) is 10.7. The van der Waals surface area contributed by atoms with E-state index in [0.717, 1.165) is 22.4 Å². The fraction of sp³-hybridized carbons (Fsp3) is 0.222. The SMILES string of the molecule is COC(=O)[C@H](C)n1c(Cc2ccccc2)nc2ccccc21. The summed E-state index contributed by atoms with van der Waals surface area (Å²) < 4.78 is 6.87. The van der Waals surface area contributed by atoms with Crippen LogP contribution >= 0.6 is 0 Å². The Morgan fingerprint density at radius 2 is 1.82 bits per heavy atom. The van der Waals surface area contributed by atoms with Crippen molar-refractivity contribution in [2.45, 2.75) is 19.4 Å². The van der Waals surface area contributed by atoms with E-state index in [2.05, 4.69) is 12.1 Å². The lowest BCUT2D eigenvalue weighted by molar-refractivity contribution is -0.143. The van der Waals surface area contributed by atoms with Crippen molar-refractivity contribution in [2.75, 3.05) is 7.11 Å². The third-order valence-electron chi connectivity index (χ3n) is 3.80. The van der Waals surface area contributed by atoms with Gasteiger partial charge in [0, 0.05) is 6.42 Å². The van der Waals surface area contributed by atoms with Crippen molar-refractivity contribution < 1.29 is 9.53 Å². The standard InChI is InChI=1S/C18H18N2O2/c1-13(18(21)22-2)20-16-11-7-6-10-15(16)19-17(20)12-14-8-4-3-5-9-14/h3-11,13H,12H2,1-2H3/t13-/m0/s1. The zero-order valence-corrected chi connectivity index (χ0v) is 12.7. The van der Waals surface area contributed by atoms with Gasteiger partial charge in [0.25, 0.3) is 0 Å². The van der Waals surface area contributed by atoms with E-state index in [1.54, 1.807) is 0 Å². The van der Waals surface area contributed by atoms with E-state index < -0.39 is 6.04 Å². The molecule has 0 bridgehead atoms. The van der Waals surface area contributed by atoms with Crippen LogP contribution in [0.2, 0.25) is 0 Å². The molecule has 0 unspecified atom stereocenters. The lowest BCUT2D eigenvalue weighted by Gasteiger charge is -2.15. The van der Waals surface area contributed by atoms with Crippen molar-refractivity contribution in [3.8, 4) is 0 Å². The Balaban J connectivity index is 2.10. The Kier molecular flexibility index (Phi) is 3.92. The molecule has 112 valence electrons. The summed E-state index contributed by atoms with van der Waals surface area (Å²) in [4.78, 5) is 16.7. The molecule has 0 aliphatic rings. The lowest BCUT2D eigenvalue weighted by Crippen LogP contribution is -2.20. The number of ether oxygens (including phenoxy) is 1. The fourth-order valence-electron chi connectivity index (χ4n) is 2.71. The number of carbonyl (C=O) groups is 1. The van der Waals surface area contributed by atoms with Crippen LogP contribution in [0.3, 0.4) is 0 Å². The molecule has 0 spiro atoms. The fourth-order valence-corrected chi connectivity index (χ4v) is 2.71. The number of rotatable bonds is 4. The summed E-state index contributed by atoms with van der Waals surface area (Å²) in [5.74, 6) is 0.600. The Morgan fingerprint density at radius 1 is 1.14 bits per heavy atom. The number of aromatic nitrogens is 2. The molecule has 4 heteroatoms. The normalized spacial score (nSPS) is 12.3. The maximum Gasteiger partial charge on any atom is 0.328 e. The minimum absolute atomic E-state index is 0.266. The molecule has 0 aliphatic heterocycles. The second kappa shape index (κ2) is 6.02. The first kappa shape index (κ1) is 14.3. The quantitative estimate of drug-likeness (QED) is 0.693. The van der Waals surface area contributed by atoms with Crippen molar-refractivity contribution in [2.24, 2.45) is 0 Å². The number of fused-ring (bicyclic) bond motifs is 1. The largest absolute Gasteiger partial charge is 0.467 e. The van der Waals surface area contributed by atoms with Crippen LogP contribution < -0.4 is 0 Å². The van der Waals surface area contributed by atoms with E-state index in [9.17, 15) is 4.79 Å². The number of carbonyl (C=O) groups excluding carboxylic acids is 1. The van der Waals surface area contributed by atoms with Crippen LogP contribution in [-0.4, -0.2) is 22.6 Å². The third kappa shape index (κ3) is 2.60. The monoisotopic (exact) mass is 294 g/mol. The Morgan fingerprint density at radius 3 is 2.55 bits per heavy atom. The van der Waals surface area contributed by atoms with Gasteiger partial charge < -0.3 is 9.30 Å². The van der Waals surface area contributed by atoms with Crippen LogP contribution in [0.15, 0.2) is 54.6 Å². The third-order valence-corrected chi connectivity index (χ3v) is 3.80. The molecule has 0 saturated heterocycles. The summed E-state index contributed by atoms with van der Waals surface area (Å²) >= 11 is 0. The molecule has 1 atom stereocenters. The van der Waals surface area contributed by atoms with Crippen molar-refractivity contribution in [1.82, 2.24) is 9.55 Å². The number of imidazole rings is 1. The van der Waals surface area contributed by atoms with Gasteiger partial charge in [-0.2, -0.15) is 0 Å². The Labute approximate surface area is 129 Å². The van der Waals surface area contributed by atoms with Gasteiger partial charge in [-0.3, -0.25) is 0 Å². The van der Waals surface area contributed by atoms with Crippen molar-refractivity contribution >= 4 is 17.0 Å². The van der Waals surface area contributed by atoms with Crippen LogP contribution in [0.1, 0.15) is 24.4 Å². The van der Waals surface area contributed by atoms with Crippen LogP contribution in [-0.2, 0) is 16.0 Å². The highest BCUT2D eigenvalue weighted by Gasteiger charge is 2.21. The number of methoxy groups -OCH3 is 1. The zero-order chi connectivity index (χ0) is 15.5. The summed E-state index contributed by atoms with van der Waals surface area (Å²) in [6.07, 6.45) is 0.677. The minimum Gasteiger partial charge on any atom is -0.467 e. The second-order valence-corrected chi connectivity index (χ2v) is 5.25. The number of hydrogen-bond donors (Lipinski definition) is 0. The van der Waals surface area contributed by atoms with Crippen LogP contribution in [0.25, 0.3) is 11.0 Å². The lowest BCUT2D eigenvalue weighted by atomic mass is 10.1. The van der Waals surface area contributed by atoms with Crippen LogP contribution in [0, 0.1) is 0 Å². The molecular formula is C18H18N2O2. The zero-order valence-electron chi connectivity index (χ0n) is 12.7. The molecule has 2 aromatic carbocycles. The van der Waals surface area contributed by atoms with Gasteiger partial charge in [-0.15, -0.1) is 0 Å². The van der Waals surface area contributed by atoms with Crippen LogP contribution in [0.5, 0.6) is 0 Å². The molecule has 3 aromatic rings. The van der Waals surface area contributed by atoms with Gasteiger partial charge in [-0.1, -0.05) is 42.5 Å². The maximum absolute atomic E-state index is 12.0. The summed E-state index contributed by atoms with van der Waals surface area (Å²) in [6, 6.07) is 17.6. The molecule has 0 aliphatic carbocycles. The van der Waals surface area contributed by atoms with E-state index in [-0.39, 0.29) is 5.97 Å². The van der Waals surface area contributed by atoms with Gasteiger partial charge in [0.1, 0.15) is 11.9 Å². The molecule has 1 aromatic heterocycles. The van der Waals surface area contributed by atoms with Gasteiger partial charge >= 0.3 is 5.97 Å². The smallest absolute Gasteiger partial charge is 0.328 e. The van der Waals surface area contributed by atoms with Crippen molar-refractivity contribution in [3.63, 3.8) is 0 Å². The molecule has 3 rings (SSSR count). The molecule has 0 saturated carbocycles. The van der Waals surface area contributed by atoms with E-state index in [1.807, 2.05) is 54.0 Å². The maximum atomic E-state index is 12.0. The predicted octanol–water partition coefficient (Wildman–Crippen LogP) is 3.36. The molecular weight excluding hydrogens is 276 g/mol. The topological polar surface area (TPSA) is 44.1 Å². The minimum atomic E-state index is -0.406. The first-order valence-electron chi connectivity index (χ1n) is 7.28. The highest BCUT2D eigenvalue weighted by atomic mass is 16.5. The summed E-state index contributed by atoms with van der Waals surface area (Å²) in [6.45, 7) is 1.84. The molecule has 0 N–H and O–H groups in total. The van der Waals surface area contributed by atoms with E-state index in [1.165, 1.54) is 7.11 Å². The van der Waals surface area contributed by atoms with E-state index in [4.69, 9.17) is 9.72 Å². The van der Waals surface area contributed by atoms with Gasteiger partial charge in [0.2, 0.25) is 0 Å². The second-order valence-electron chi connectivity index (χ2n) is 5.25. The average molecular weight is 294 g/mol. The van der Waals surface area contributed by atoms with Crippen LogP contribution in [0.4, 0.5) is 0 Å². The molecule has 0 fully saturated rings. The predicted molar refractivity (Wildman–Crippen MR) is 85.7 cm³/mol. The summed E-state index contributed by atoms with van der Waals surface area (Å²) in [5.41, 5.74) is 3.01. The molecule has 0 amide bonds. The average Bonchev–Trinajstić information content (AvgIpc) is 2.92. The molecule has 22 heavy (non-hydrogen) atoms. The van der Waals surface area contributed by atoms with Crippen molar-refractivity contribution in [1.29, 1.82) is 0 Å². The van der Waals surface area contributed by atoms with Crippen molar-refractivity contribution in [3.05, 3.63) is 66.0 Å². The molecule has 4 nitrogen and oxygen atoms in total. The number of para-hydroxylation sites is 2. The van der Waals surface area contributed by atoms with Gasteiger partial charge in [-0.05, 0) is 24.6 Å². The number of hydrogen-bond acceptors (Lipinski definition) is 3. The number of nitrogens with zero attached hydrogens (tertiary/aromatic N) is 2. The Bertz CT molecular complexity index is 793. The number of benzene rings is 2. The van der Waals surface area contributed by atoms with E-state index >= 15 is 0 Å². The molecule has 0 radical (unpaired) electrons. The number of esters is 1. The Hall–Kier alpha value is -2.62.